The minimum Gasteiger partial charge on any atom is -0.497 e. The average molecular weight is 232 g/mol. The van der Waals surface area contributed by atoms with Crippen molar-refractivity contribution in [3.63, 3.8) is 0 Å². The fourth-order valence-electron chi connectivity index (χ4n) is 1.69. The maximum absolute atomic E-state index is 5.79. The van der Waals surface area contributed by atoms with E-state index in [9.17, 15) is 0 Å². The normalized spacial score (nSPS) is 10.3. The van der Waals surface area contributed by atoms with Crippen molar-refractivity contribution in [1.82, 2.24) is 9.78 Å². The zero-order valence-corrected chi connectivity index (χ0v) is 10.2. The molecule has 17 heavy (non-hydrogen) atoms. The van der Waals surface area contributed by atoms with Gasteiger partial charge in [-0.3, -0.25) is 4.68 Å². The number of nitrogens with two attached hydrogens (primary N) is 1. The Morgan fingerprint density at radius 1 is 1.35 bits per heavy atom. The van der Waals surface area contributed by atoms with Crippen molar-refractivity contribution < 1.29 is 4.74 Å². The highest BCUT2D eigenvalue weighted by molar-refractivity contribution is 5.66. The molecule has 2 aromatic rings. The van der Waals surface area contributed by atoms with Gasteiger partial charge in [0, 0.05) is 36.8 Å². The number of nitrogens with zero attached hydrogens (tertiary/aromatic N) is 2. The molecule has 90 valence electrons. The lowest BCUT2D eigenvalue weighted by atomic mass is 10.2. The van der Waals surface area contributed by atoms with E-state index in [-0.39, 0.29) is 0 Å². The molecule has 1 aromatic heterocycles. The van der Waals surface area contributed by atoms with Gasteiger partial charge in [-0.25, -0.2) is 0 Å². The van der Waals surface area contributed by atoms with E-state index in [1.165, 1.54) is 0 Å². The smallest absolute Gasteiger partial charge is 0.122 e. The van der Waals surface area contributed by atoms with Crippen LogP contribution in [0.25, 0.3) is 0 Å². The Morgan fingerprint density at radius 3 is 2.71 bits per heavy atom. The standard InChI is InChI=1S/C12H16N4O/c1-8-12(7-16(2)15-8)14-10-4-9(13)5-11(6-10)17-3/h4-7,14H,13H2,1-3H3. The first kappa shape index (κ1) is 11.3. The predicted octanol–water partition coefficient (Wildman–Crippen LogP) is 2.06. The minimum absolute atomic E-state index is 0.661. The van der Waals surface area contributed by atoms with Crippen LogP contribution in [-0.2, 0) is 7.05 Å². The fraction of sp³-hybridized carbons (Fsp3) is 0.250. The third-order valence-electron chi connectivity index (χ3n) is 2.46. The van der Waals surface area contributed by atoms with Gasteiger partial charge in [-0.2, -0.15) is 5.10 Å². The SMILES string of the molecule is COc1cc(N)cc(Nc2cn(C)nc2C)c1. The van der Waals surface area contributed by atoms with Gasteiger partial charge in [0.05, 0.1) is 18.5 Å². The maximum atomic E-state index is 5.79. The van der Waals surface area contributed by atoms with Crippen LogP contribution >= 0.6 is 0 Å². The topological polar surface area (TPSA) is 65.1 Å². The van der Waals surface area contributed by atoms with Crippen LogP contribution in [0.4, 0.5) is 17.1 Å². The van der Waals surface area contributed by atoms with Crippen molar-refractivity contribution in [3.05, 3.63) is 30.1 Å². The Kier molecular flexibility index (Phi) is 2.91. The summed E-state index contributed by atoms with van der Waals surface area (Å²) in [5.41, 5.74) is 9.24. The summed E-state index contributed by atoms with van der Waals surface area (Å²) in [6.45, 7) is 1.95. The molecule has 0 aliphatic carbocycles. The molecular weight excluding hydrogens is 216 g/mol. The van der Waals surface area contributed by atoms with Gasteiger partial charge in [0.15, 0.2) is 0 Å². The fourth-order valence-corrected chi connectivity index (χ4v) is 1.69. The highest BCUT2D eigenvalue weighted by Gasteiger charge is 2.05. The highest BCUT2D eigenvalue weighted by atomic mass is 16.5. The van der Waals surface area contributed by atoms with Gasteiger partial charge >= 0.3 is 0 Å². The van der Waals surface area contributed by atoms with E-state index in [0.717, 1.165) is 22.8 Å². The molecule has 0 spiro atoms. The number of nitrogens with one attached hydrogen (secondary N) is 1. The van der Waals surface area contributed by atoms with Gasteiger partial charge in [0.1, 0.15) is 5.75 Å². The maximum Gasteiger partial charge on any atom is 0.122 e. The van der Waals surface area contributed by atoms with Crippen molar-refractivity contribution in [2.75, 3.05) is 18.2 Å². The quantitative estimate of drug-likeness (QED) is 0.795. The third-order valence-corrected chi connectivity index (χ3v) is 2.46. The van der Waals surface area contributed by atoms with Crippen LogP contribution in [-0.4, -0.2) is 16.9 Å². The summed E-state index contributed by atoms with van der Waals surface area (Å²) in [4.78, 5) is 0. The number of aromatic nitrogens is 2. The molecule has 0 saturated carbocycles. The molecule has 0 radical (unpaired) electrons. The minimum atomic E-state index is 0.661. The lowest BCUT2D eigenvalue weighted by Gasteiger charge is -2.08. The van der Waals surface area contributed by atoms with E-state index < -0.39 is 0 Å². The molecule has 0 aliphatic heterocycles. The van der Waals surface area contributed by atoms with E-state index >= 15 is 0 Å². The number of nitrogen functional groups attached to an aromatic ring is 1. The number of anilines is 3. The van der Waals surface area contributed by atoms with Crippen molar-refractivity contribution in [2.24, 2.45) is 7.05 Å². The van der Waals surface area contributed by atoms with Crippen LogP contribution in [0.1, 0.15) is 5.69 Å². The number of aryl methyl sites for hydroxylation is 2. The van der Waals surface area contributed by atoms with Gasteiger partial charge in [-0.1, -0.05) is 0 Å². The molecule has 5 heteroatoms. The summed E-state index contributed by atoms with van der Waals surface area (Å²) in [5.74, 6) is 0.731. The van der Waals surface area contributed by atoms with Crippen LogP contribution in [0.5, 0.6) is 5.75 Å². The first-order valence-electron chi connectivity index (χ1n) is 5.30. The Labute approximate surface area is 100 Å². The molecule has 1 aromatic carbocycles. The van der Waals surface area contributed by atoms with Crippen LogP contribution in [0.3, 0.4) is 0 Å². The van der Waals surface area contributed by atoms with E-state index in [4.69, 9.17) is 10.5 Å². The molecular formula is C12H16N4O. The van der Waals surface area contributed by atoms with Crippen LogP contribution in [0, 0.1) is 6.92 Å². The number of hydrogen-bond acceptors (Lipinski definition) is 4. The van der Waals surface area contributed by atoms with Crippen molar-refractivity contribution in [2.45, 2.75) is 6.92 Å². The molecule has 0 amide bonds. The van der Waals surface area contributed by atoms with E-state index in [1.54, 1.807) is 17.9 Å². The Bertz CT molecular complexity index is 533. The largest absolute Gasteiger partial charge is 0.497 e. The molecule has 1 heterocycles. The van der Waals surface area contributed by atoms with Gasteiger partial charge in [0.25, 0.3) is 0 Å². The summed E-state index contributed by atoms with van der Waals surface area (Å²) in [6, 6.07) is 5.53. The summed E-state index contributed by atoms with van der Waals surface area (Å²) < 4.78 is 6.93. The molecule has 0 fully saturated rings. The van der Waals surface area contributed by atoms with E-state index in [2.05, 4.69) is 10.4 Å². The van der Waals surface area contributed by atoms with Gasteiger partial charge in [-0.15, -0.1) is 0 Å². The first-order chi connectivity index (χ1) is 8.08. The summed E-state index contributed by atoms with van der Waals surface area (Å²) in [6.07, 6.45) is 1.92. The van der Waals surface area contributed by atoms with Crippen molar-refractivity contribution in [3.8, 4) is 5.75 Å². The molecule has 0 aliphatic rings. The number of rotatable bonds is 3. The Balaban J connectivity index is 2.29. The van der Waals surface area contributed by atoms with Gasteiger partial charge < -0.3 is 15.8 Å². The monoisotopic (exact) mass is 232 g/mol. The molecule has 0 bridgehead atoms. The molecule has 0 unspecified atom stereocenters. The molecule has 0 atom stereocenters. The zero-order valence-electron chi connectivity index (χ0n) is 10.2. The second kappa shape index (κ2) is 4.37. The first-order valence-corrected chi connectivity index (χ1v) is 5.30. The van der Waals surface area contributed by atoms with Crippen LogP contribution in [0.15, 0.2) is 24.4 Å². The van der Waals surface area contributed by atoms with Crippen LogP contribution < -0.4 is 15.8 Å². The summed E-state index contributed by atoms with van der Waals surface area (Å²) in [5, 5.41) is 7.53. The Hall–Kier alpha value is -2.17. The molecule has 2 rings (SSSR count). The number of methoxy groups -OCH3 is 1. The number of benzene rings is 1. The van der Waals surface area contributed by atoms with Crippen molar-refractivity contribution >= 4 is 17.1 Å². The van der Waals surface area contributed by atoms with Crippen molar-refractivity contribution in [1.29, 1.82) is 0 Å². The van der Waals surface area contributed by atoms with Crippen LogP contribution in [0.2, 0.25) is 0 Å². The molecule has 5 nitrogen and oxygen atoms in total. The highest BCUT2D eigenvalue weighted by Crippen LogP contribution is 2.26. The van der Waals surface area contributed by atoms with Gasteiger partial charge in [-0.05, 0) is 13.0 Å². The molecule has 0 saturated heterocycles. The second-order valence-electron chi connectivity index (χ2n) is 3.92. The predicted molar refractivity (Wildman–Crippen MR) is 68.6 cm³/mol. The number of ether oxygens (including phenoxy) is 1. The lowest BCUT2D eigenvalue weighted by Crippen LogP contribution is -1.94. The van der Waals surface area contributed by atoms with E-state index in [1.807, 2.05) is 32.3 Å². The second-order valence-corrected chi connectivity index (χ2v) is 3.92. The molecule has 3 N–H and O–H groups in total. The summed E-state index contributed by atoms with van der Waals surface area (Å²) >= 11 is 0. The number of hydrogen-bond donors (Lipinski definition) is 2. The Morgan fingerprint density at radius 2 is 2.12 bits per heavy atom. The lowest BCUT2D eigenvalue weighted by molar-refractivity contribution is 0.415. The summed E-state index contributed by atoms with van der Waals surface area (Å²) in [7, 11) is 3.51. The van der Waals surface area contributed by atoms with Gasteiger partial charge in [0.2, 0.25) is 0 Å². The van der Waals surface area contributed by atoms with E-state index in [0.29, 0.717) is 5.69 Å². The zero-order chi connectivity index (χ0) is 12.4. The average Bonchev–Trinajstić information content (AvgIpc) is 2.56. The third kappa shape index (κ3) is 2.50.